The Balaban J connectivity index is 0.000000313. The molecule has 0 aromatic carbocycles. The van der Waals surface area contributed by atoms with Gasteiger partial charge in [-0.1, -0.05) is 6.58 Å². The van der Waals surface area contributed by atoms with E-state index in [2.05, 4.69) is 11.9 Å². The number of nitrogens with one attached hydrogen (secondary N) is 1. The molecule has 0 aromatic heterocycles. The van der Waals surface area contributed by atoms with E-state index < -0.39 is 62.9 Å². The second-order valence-electron chi connectivity index (χ2n) is 10.2. The summed E-state index contributed by atoms with van der Waals surface area (Å²) in [7, 11) is 0. The van der Waals surface area contributed by atoms with Gasteiger partial charge in [0.25, 0.3) is 0 Å². The topological polar surface area (TPSA) is 173 Å². The van der Waals surface area contributed by atoms with E-state index in [1.807, 2.05) is 0 Å². The molecule has 4 fully saturated rings. The molecule has 5 aliphatic rings. The van der Waals surface area contributed by atoms with E-state index in [9.17, 15) is 29.1 Å². The standard InChI is InChI=1S/C19H17ClO6.C5H12N2O2.Na/c1-8-13(22)18-7-17(8,20)5-3-9(18)19-6-4-10(21)16(2,15(25)26-19)12(19)11(18)14(23)24;6-3-1-2-4-7-5(8)9;/h4,6,9,11-12H,1,3,5,7H2,2H3,(H,23,24);7H,1-4,6H2,(H,8,9);/q;;+1/t9-,11-,12-,16+,17+,18-,19-;;/m1../s1. The predicted octanol–water partition coefficient (Wildman–Crippen LogP) is -1.34. The van der Waals surface area contributed by atoms with Gasteiger partial charge in [-0.2, -0.15) is 0 Å². The maximum atomic E-state index is 13.3. The number of carboxylic acid groups (broad SMARTS) is 2. The smallest absolute Gasteiger partial charge is 0.481 e. The maximum Gasteiger partial charge on any atom is 1.00 e. The minimum absolute atomic E-state index is 0. The van der Waals surface area contributed by atoms with Gasteiger partial charge in [0.05, 0.1) is 16.2 Å². The Bertz CT molecular complexity index is 1080. The molecule has 1 aliphatic heterocycles. The molecule has 4 aliphatic carbocycles. The van der Waals surface area contributed by atoms with Crippen molar-refractivity contribution in [3.05, 3.63) is 24.3 Å². The van der Waals surface area contributed by atoms with E-state index in [0.717, 1.165) is 12.8 Å². The van der Waals surface area contributed by atoms with Crippen LogP contribution in [0.3, 0.4) is 0 Å². The van der Waals surface area contributed by atoms with Crippen molar-refractivity contribution in [2.45, 2.75) is 49.5 Å². The molecule has 5 rings (SSSR count). The van der Waals surface area contributed by atoms with E-state index in [1.54, 1.807) is 0 Å². The van der Waals surface area contributed by atoms with Crippen LogP contribution in [0, 0.1) is 28.6 Å². The second kappa shape index (κ2) is 9.54. The molecule has 0 radical (unpaired) electrons. The molecule has 7 atom stereocenters. The molecule has 1 saturated heterocycles. The largest absolute Gasteiger partial charge is 1.00 e. The van der Waals surface area contributed by atoms with Crippen LogP contribution in [0.5, 0.6) is 0 Å². The van der Waals surface area contributed by atoms with Crippen molar-refractivity contribution in [3.8, 4) is 0 Å². The number of Topliss-reactive ketones (excluding diaryl/α,β-unsaturated/α-hetero) is 1. The molecule has 1 heterocycles. The number of halogens is 1. The van der Waals surface area contributed by atoms with Gasteiger partial charge in [0.2, 0.25) is 0 Å². The maximum absolute atomic E-state index is 13.3. The van der Waals surface area contributed by atoms with Crippen molar-refractivity contribution in [1.82, 2.24) is 5.32 Å². The van der Waals surface area contributed by atoms with Crippen LogP contribution in [-0.4, -0.2) is 63.4 Å². The molecule has 4 bridgehead atoms. The zero-order chi connectivity index (χ0) is 26.0. The fraction of sp³-hybridized carbons (Fsp3) is 0.625. The van der Waals surface area contributed by atoms with Gasteiger partial charge in [0.1, 0.15) is 11.0 Å². The Labute approximate surface area is 235 Å². The fourth-order valence-corrected chi connectivity index (χ4v) is 7.60. The van der Waals surface area contributed by atoms with Crippen molar-refractivity contribution in [3.63, 3.8) is 0 Å². The molecule has 3 saturated carbocycles. The van der Waals surface area contributed by atoms with Crippen LogP contribution in [0.4, 0.5) is 4.79 Å². The number of nitrogens with two attached hydrogens (primary N) is 1. The van der Waals surface area contributed by atoms with Gasteiger partial charge < -0.3 is 26.0 Å². The number of rotatable bonds is 5. The van der Waals surface area contributed by atoms with Gasteiger partial charge in [-0.25, -0.2) is 4.79 Å². The van der Waals surface area contributed by atoms with Crippen LogP contribution in [0.25, 0.3) is 0 Å². The number of allylic oxidation sites excluding steroid dienone is 2. The van der Waals surface area contributed by atoms with E-state index >= 15 is 0 Å². The van der Waals surface area contributed by atoms with Crippen molar-refractivity contribution in [2.24, 2.45) is 34.3 Å². The Morgan fingerprint density at radius 3 is 2.53 bits per heavy atom. The van der Waals surface area contributed by atoms with Gasteiger partial charge in [0, 0.05) is 24.0 Å². The number of carbonyl (C=O) groups excluding carboxylic acids is 3. The number of aliphatic carboxylic acids is 1. The van der Waals surface area contributed by atoms with Crippen molar-refractivity contribution in [1.29, 1.82) is 0 Å². The van der Waals surface area contributed by atoms with Gasteiger partial charge in [0.15, 0.2) is 11.6 Å². The van der Waals surface area contributed by atoms with E-state index in [4.69, 9.17) is 27.2 Å². The minimum atomic E-state index is -1.59. The summed E-state index contributed by atoms with van der Waals surface area (Å²) in [6, 6.07) is 0. The first-order valence-corrected chi connectivity index (χ1v) is 12.0. The summed E-state index contributed by atoms with van der Waals surface area (Å²) >= 11 is 6.66. The SMILES string of the molecule is C=C1C(=O)[C@]23C[C@@]1(Cl)CC[C@H]2[C@@]12C=CC(=O)[C@](C)(C(=O)O1)[C@H]2[C@@H]3C(=O)O.NCCCCNC(=O)O.[Na+]. The fourth-order valence-electron chi connectivity index (χ4n) is 7.18. The van der Waals surface area contributed by atoms with Crippen LogP contribution in [0.15, 0.2) is 24.3 Å². The van der Waals surface area contributed by atoms with Gasteiger partial charge in [-0.3, -0.25) is 19.2 Å². The number of carbonyl (C=O) groups is 5. The van der Waals surface area contributed by atoms with Crippen LogP contribution < -0.4 is 40.6 Å². The number of hydrogen-bond acceptors (Lipinski definition) is 7. The third kappa shape index (κ3) is 3.63. The Morgan fingerprint density at radius 2 is 1.94 bits per heavy atom. The number of ketones is 2. The van der Waals surface area contributed by atoms with Crippen molar-refractivity contribution < 1.29 is 68.5 Å². The molecule has 12 heteroatoms. The monoisotopic (exact) mass is 531 g/mol. The summed E-state index contributed by atoms with van der Waals surface area (Å²) in [5.41, 5.74) is 1.28. The van der Waals surface area contributed by atoms with Crippen LogP contribution >= 0.6 is 11.6 Å². The first-order chi connectivity index (χ1) is 16.3. The molecule has 36 heavy (non-hydrogen) atoms. The normalized spacial score (nSPS) is 40.9. The van der Waals surface area contributed by atoms with Gasteiger partial charge in [-0.15, -0.1) is 11.6 Å². The van der Waals surface area contributed by atoms with E-state index in [0.29, 0.717) is 25.9 Å². The molecule has 0 unspecified atom stereocenters. The third-order valence-electron chi connectivity index (χ3n) is 8.68. The number of carboxylic acids is 1. The zero-order valence-corrected chi connectivity index (χ0v) is 23.1. The Morgan fingerprint density at radius 1 is 1.28 bits per heavy atom. The number of hydrogen-bond donors (Lipinski definition) is 4. The summed E-state index contributed by atoms with van der Waals surface area (Å²) in [6.07, 6.45) is 4.64. The number of esters is 1. The van der Waals surface area contributed by atoms with Crippen molar-refractivity contribution >= 4 is 41.2 Å². The number of ether oxygens (including phenoxy) is 1. The summed E-state index contributed by atoms with van der Waals surface area (Å²) in [4.78, 5) is 59.8. The Kier molecular flexibility index (Phi) is 7.65. The molecule has 0 aromatic rings. The van der Waals surface area contributed by atoms with Crippen LogP contribution in [0.1, 0.15) is 39.0 Å². The summed E-state index contributed by atoms with van der Waals surface area (Å²) in [5, 5.41) is 20.4. The predicted molar refractivity (Wildman–Crippen MR) is 123 cm³/mol. The third-order valence-corrected chi connectivity index (χ3v) is 9.23. The number of alkyl halides is 1. The van der Waals surface area contributed by atoms with E-state index in [1.165, 1.54) is 19.1 Å². The average molecular weight is 532 g/mol. The first-order valence-electron chi connectivity index (χ1n) is 11.6. The van der Waals surface area contributed by atoms with Gasteiger partial charge in [-0.05, 0) is 57.7 Å². The Hall–Kier alpha value is -1.72. The molecular formula is C24H29ClN2NaO8+. The quantitative estimate of drug-likeness (QED) is 0.0835. The number of amides is 1. The minimum Gasteiger partial charge on any atom is -0.481 e. The summed E-state index contributed by atoms with van der Waals surface area (Å²) < 4.78 is 5.75. The zero-order valence-electron chi connectivity index (χ0n) is 20.3. The molecule has 10 nitrogen and oxygen atoms in total. The number of unbranched alkanes of at least 4 members (excludes halogenated alkanes) is 1. The molecular weight excluding hydrogens is 503 g/mol. The average Bonchev–Trinajstić information content (AvgIpc) is 3.20. The molecule has 5 N–H and O–H groups in total. The van der Waals surface area contributed by atoms with E-state index in [-0.39, 0.29) is 47.3 Å². The van der Waals surface area contributed by atoms with Crippen LogP contribution in [0.2, 0.25) is 0 Å². The molecule has 1 amide bonds. The number of fused-ring (bicyclic) bond motifs is 1. The first kappa shape index (κ1) is 28.8. The van der Waals surface area contributed by atoms with Crippen LogP contribution in [-0.2, 0) is 23.9 Å². The second-order valence-corrected chi connectivity index (χ2v) is 11.0. The summed E-state index contributed by atoms with van der Waals surface area (Å²) in [6.45, 7) is 6.43. The summed E-state index contributed by atoms with van der Waals surface area (Å²) in [5.74, 6) is -5.38. The van der Waals surface area contributed by atoms with Gasteiger partial charge >= 0.3 is 47.6 Å². The molecule has 190 valence electrons. The van der Waals surface area contributed by atoms with Crippen molar-refractivity contribution in [2.75, 3.05) is 13.1 Å². The molecule has 1 spiro atoms.